The lowest BCUT2D eigenvalue weighted by molar-refractivity contribution is 0.0948. The third kappa shape index (κ3) is 4.30. The molecule has 1 unspecified atom stereocenters. The number of nitrogens with zero attached hydrogens (tertiary/aromatic N) is 1. The summed E-state index contributed by atoms with van der Waals surface area (Å²) in [6.45, 7) is 0.301. The molecular weight excluding hydrogens is 340 g/mol. The lowest BCUT2D eigenvalue weighted by Crippen LogP contribution is -2.30. The van der Waals surface area contributed by atoms with Crippen LogP contribution in [0.3, 0.4) is 0 Å². The van der Waals surface area contributed by atoms with E-state index in [9.17, 15) is 21.6 Å². The van der Waals surface area contributed by atoms with Gasteiger partial charge in [0.15, 0.2) is 9.84 Å². The number of benzene rings is 1. The van der Waals surface area contributed by atoms with Crippen molar-refractivity contribution in [2.24, 2.45) is 5.92 Å². The molecule has 1 aromatic rings. The minimum absolute atomic E-state index is 0.0580. The highest BCUT2D eigenvalue weighted by molar-refractivity contribution is 7.91. The monoisotopic (exact) mass is 360 g/mol. The highest BCUT2D eigenvalue weighted by Gasteiger charge is 2.28. The van der Waals surface area contributed by atoms with Crippen molar-refractivity contribution < 1.29 is 21.6 Å². The molecule has 0 spiro atoms. The molecule has 23 heavy (non-hydrogen) atoms. The van der Waals surface area contributed by atoms with E-state index >= 15 is 0 Å². The average molecular weight is 360 g/mol. The summed E-state index contributed by atoms with van der Waals surface area (Å²) in [4.78, 5) is 12.1. The second-order valence-electron chi connectivity index (χ2n) is 5.79. The van der Waals surface area contributed by atoms with Crippen LogP contribution in [0.25, 0.3) is 0 Å². The van der Waals surface area contributed by atoms with Gasteiger partial charge in [-0.15, -0.1) is 0 Å². The van der Waals surface area contributed by atoms with Crippen LogP contribution in [0, 0.1) is 5.92 Å². The van der Waals surface area contributed by atoms with Crippen LogP contribution in [0.2, 0.25) is 0 Å². The number of sulfonamides is 1. The van der Waals surface area contributed by atoms with E-state index in [-0.39, 0.29) is 28.2 Å². The average Bonchev–Trinajstić information content (AvgIpc) is 2.84. The Kier molecular flexibility index (Phi) is 5.12. The number of carbonyl (C=O) groups excluding carboxylic acids is 1. The molecule has 9 heteroatoms. The van der Waals surface area contributed by atoms with Crippen LogP contribution in [0.4, 0.5) is 0 Å². The van der Waals surface area contributed by atoms with Gasteiger partial charge in [-0.1, -0.05) is 0 Å². The predicted octanol–water partition coefficient (Wildman–Crippen LogP) is 0.101. The third-order valence-corrected chi connectivity index (χ3v) is 7.44. The largest absolute Gasteiger partial charge is 0.352 e. The quantitative estimate of drug-likeness (QED) is 0.803. The van der Waals surface area contributed by atoms with Gasteiger partial charge in [-0.05, 0) is 36.6 Å². The molecule has 0 radical (unpaired) electrons. The first kappa shape index (κ1) is 17.9. The molecular formula is C14H20N2O5S2. The summed E-state index contributed by atoms with van der Waals surface area (Å²) in [5.74, 6) is -0.127. The summed E-state index contributed by atoms with van der Waals surface area (Å²) in [5.41, 5.74) is 0.337. The van der Waals surface area contributed by atoms with Gasteiger partial charge in [-0.2, -0.15) is 0 Å². The van der Waals surface area contributed by atoms with Crippen molar-refractivity contribution in [1.82, 2.24) is 9.62 Å². The normalized spacial score (nSPS) is 20.6. The zero-order valence-electron chi connectivity index (χ0n) is 13.0. The molecule has 128 valence electrons. The van der Waals surface area contributed by atoms with Crippen LogP contribution in [0.15, 0.2) is 29.2 Å². The molecule has 1 aromatic carbocycles. The molecule has 1 amide bonds. The van der Waals surface area contributed by atoms with Gasteiger partial charge in [0.1, 0.15) is 0 Å². The van der Waals surface area contributed by atoms with Crippen LogP contribution in [0.5, 0.6) is 0 Å². The maximum atomic E-state index is 12.0. The maximum Gasteiger partial charge on any atom is 0.251 e. The van der Waals surface area contributed by atoms with Crippen molar-refractivity contribution in [2.45, 2.75) is 11.3 Å². The van der Waals surface area contributed by atoms with Gasteiger partial charge in [0, 0.05) is 26.2 Å². The van der Waals surface area contributed by atoms with Gasteiger partial charge in [-0.25, -0.2) is 21.1 Å². The molecule has 1 heterocycles. The topological polar surface area (TPSA) is 101 Å². The molecule has 0 saturated carbocycles. The zero-order valence-corrected chi connectivity index (χ0v) is 14.7. The van der Waals surface area contributed by atoms with Crippen molar-refractivity contribution in [3.8, 4) is 0 Å². The first-order valence-corrected chi connectivity index (χ1v) is 10.4. The fourth-order valence-electron chi connectivity index (χ4n) is 2.36. The van der Waals surface area contributed by atoms with Crippen molar-refractivity contribution in [1.29, 1.82) is 0 Å². The summed E-state index contributed by atoms with van der Waals surface area (Å²) in [7, 11) is -3.61. The summed E-state index contributed by atoms with van der Waals surface area (Å²) in [5, 5.41) is 2.70. The number of hydrogen-bond donors (Lipinski definition) is 1. The van der Waals surface area contributed by atoms with Crippen molar-refractivity contribution in [2.75, 3.05) is 32.1 Å². The molecule has 1 fully saturated rings. The summed E-state index contributed by atoms with van der Waals surface area (Å²) in [6, 6.07) is 5.64. The lowest BCUT2D eigenvalue weighted by atomic mass is 10.1. The molecule has 1 N–H and O–H groups in total. The van der Waals surface area contributed by atoms with E-state index in [0.29, 0.717) is 18.5 Å². The number of nitrogens with one attached hydrogen (secondary N) is 1. The standard InChI is InChI=1S/C14H20N2O5S2/c1-16(2)23(20,21)13-5-3-12(4-6-13)14(17)15-9-11-7-8-22(18,19)10-11/h3-6,11H,7-10H2,1-2H3,(H,15,17). The van der Waals surface area contributed by atoms with Gasteiger partial charge in [0.25, 0.3) is 5.91 Å². The van der Waals surface area contributed by atoms with Crippen LogP contribution < -0.4 is 5.32 Å². The van der Waals surface area contributed by atoms with E-state index in [1.54, 1.807) is 0 Å². The van der Waals surface area contributed by atoms with Crippen LogP contribution in [-0.4, -0.2) is 59.2 Å². The Morgan fingerprint density at radius 1 is 1.26 bits per heavy atom. The zero-order chi connectivity index (χ0) is 17.3. The van der Waals surface area contributed by atoms with Crippen molar-refractivity contribution >= 4 is 25.8 Å². The fraction of sp³-hybridized carbons (Fsp3) is 0.500. The van der Waals surface area contributed by atoms with Crippen molar-refractivity contribution in [3.05, 3.63) is 29.8 Å². The third-order valence-electron chi connectivity index (χ3n) is 3.77. The fourth-order valence-corrected chi connectivity index (χ4v) is 5.12. The minimum atomic E-state index is -3.52. The van der Waals surface area contributed by atoms with E-state index in [1.807, 2.05) is 0 Å². The van der Waals surface area contributed by atoms with E-state index in [0.717, 1.165) is 4.31 Å². The summed E-state index contributed by atoms with van der Waals surface area (Å²) >= 11 is 0. The highest BCUT2D eigenvalue weighted by atomic mass is 32.2. The number of carbonyl (C=O) groups is 1. The summed E-state index contributed by atoms with van der Waals surface area (Å²) in [6.07, 6.45) is 0.558. The molecule has 1 aliphatic rings. The van der Waals surface area contributed by atoms with Gasteiger partial charge in [0.2, 0.25) is 10.0 Å². The Morgan fingerprint density at radius 2 is 1.87 bits per heavy atom. The van der Waals surface area contributed by atoms with E-state index in [4.69, 9.17) is 0 Å². The smallest absolute Gasteiger partial charge is 0.251 e. The molecule has 1 atom stereocenters. The van der Waals surface area contributed by atoms with Crippen molar-refractivity contribution in [3.63, 3.8) is 0 Å². The van der Waals surface area contributed by atoms with E-state index < -0.39 is 19.9 Å². The van der Waals surface area contributed by atoms with Crippen LogP contribution >= 0.6 is 0 Å². The predicted molar refractivity (Wildman–Crippen MR) is 86.4 cm³/mol. The number of sulfone groups is 1. The second kappa shape index (κ2) is 6.58. The van der Waals surface area contributed by atoms with Crippen LogP contribution in [0.1, 0.15) is 16.8 Å². The first-order valence-electron chi connectivity index (χ1n) is 7.13. The minimum Gasteiger partial charge on any atom is -0.352 e. The van der Waals surface area contributed by atoms with Gasteiger partial charge >= 0.3 is 0 Å². The highest BCUT2D eigenvalue weighted by Crippen LogP contribution is 2.18. The molecule has 2 rings (SSSR count). The van der Waals surface area contributed by atoms with Gasteiger partial charge in [-0.3, -0.25) is 4.79 Å². The van der Waals surface area contributed by atoms with Gasteiger partial charge in [0.05, 0.1) is 16.4 Å². The second-order valence-corrected chi connectivity index (χ2v) is 10.2. The number of hydrogen-bond acceptors (Lipinski definition) is 5. The SMILES string of the molecule is CN(C)S(=O)(=O)c1ccc(C(=O)NCC2CCS(=O)(=O)C2)cc1. The molecule has 1 saturated heterocycles. The Morgan fingerprint density at radius 3 is 2.35 bits per heavy atom. The Labute approximate surface area is 136 Å². The van der Waals surface area contributed by atoms with E-state index in [2.05, 4.69) is 5.32 Å². The molecule has 1 aliphatic heterocycles. The summed E-state index contributed by atoms with van der Waals surface area (Å²) < 4.78 is 47.7. The maximum absolute atomic E-state index is 12.0. The lowest BCUT2D eigenvalue weighted by Gasteiger charge is -2.12. The molecule has 0 aromatic heterocycles. The number of amides is 1. The Balaban J connectivity index is 1.98. The van der Waals surface area contributed by atoms with E-state index in [1.165, 1.54) is 38.4 Å². The molecule has 0 bridgehead atoms. The molecule has 7 nitrogen and oxygen atoms in total. The Hall–Kier alpha value is -1.45. The Bertz CT molecular complexity index is 783. The first-order chi connectivity index (χ1) is 10.6. The number of rotatable bonds is 5. The van der Waals surface area contributed by atoms with Crippen LogP contribution in [-0.2, 0) is 19.9 Å². The van der Waals surface area contributed by atoms with Gasteiger partial charge < -0.3 is 5.32 Å². The molecule has 0 aliphatic carbocycles.